The summed E-state index contributed by atoms with van der Waals surface area (Å²) in [5.74, 6) is 1.02. The van der Waals surface area contributed by atoms with Gasteiger partial charge in [0.25, 0.3) is 5.56 Å². The minimum Gasteiger partial charge on any atom is -0.454 e. The Hall–Kier alpha value is -2.88. The van der Waals surface area contributed by atoms with Crippen molar-refractivity contribution in [1.82, 2.24) is 15.1 Å². The summed E-state index contributed by atoms with van der Waals surface area (Å²) in [6.45, 7) is 0.431. The van der Waals surface area contributed by atoms with Gasteiger partial charge in [-0.3, -0.25) is 9.59 Å². The van der Waals surface area contributed by atoms with Crippen molar-refractivity contribution in [2.24, 2.45) is 0 Å². The molecule has 8 heteroatoms. The predicted molar refractivity (Wildman–Crippen MR) is 111 cm³/mol. The Morgan fingerprint density at radius 2 is 1.86 bits per heavy atom. The molecule has 0 saturated heterocycles. The molecule has 4 rings (SSSR count). The lowest BCUT2D eigenvalue weighted by atomic mass is 10.1. The van der Waals surface area contributed by atoms with Crippen LogP contribution in [0, 0.1) is 3.57 Å². The maximum Gasteiger partial charge on any atom is 0.267 e. The number of nitrogens with one attached hydrogen (secondary N) is 1. The number of hydrogen-bond acceptors (Lipinski definition) is 5. The molecule has 28 heavy (non-hydrogen) atoms. The standard InChI is InChI=1S/C20H16IN3O4/c21-15-4-1-13(2-5-15)10-22-19(25)11-24-20(26)8-6-16(23-24)14-3-7-17-18(9-14)28-12-27-17/h1-9H,10-12H2,(H,22,25). The number of nitrogens with zero attached hydrogens (tertiary/aromatic N) is 2. The average Bonchev–Trinajstić information content (AvgIpc) is 3.17. The largest absolute Gasteiger partial charge is 0.454 e. The van der Waals surface area contributed by atoms with E-state index in [4.69, 9.17) is 9.47 Å². The third-order valence-electron chi connectivity index (χ3n) is 4.23. The number of amides is 1. The van der Waals surface area contributed by atoms with Crippen LogP contribution in [0.15, 0.2) is 59.4 Å². The number of benzene rings is 2. The van der Waals surface area contributed by atoms with Crippen LogP contribution >= 0.6 is 22.6 Å². The third-order valence-corrected chi connectivity index (χ3v) is 4.95. The van der Waals surface area contributed by atoms with E-state index in [2.05, 4.69) is 33.0 Å². The maximum atomic E-state index is 12.3. The molecule has 0 saturated carbocycles. The first kappa shape index (κ1) is 18.5. The molecule has 0 aliphatic carbocycles. The molecule has 2 aromatic carbocycles. The fourth-order valence-electron chi connectivity index (χ4n) is 2.77. The zero-order chi connectivity index (χ0) is 19.5. The molecule has 1 aromatic heterocycles. The zero-order valence-corrected chi connectivity index (χ0v) is 16.9. The Bertz CT molecular complexity index is 1080. The fourth-order valence-corrected chi connectivity index (χ4v) is 3.13. The van der Waals surface area contributed by atoms with Gasteiger partial charge in [-0.1, -0.05) is 12.1 Å². The van der Waals surface area contributed by atoms with E-state index < -0.39 is 0 Å². The molecule has 0 fully saturated rings. The second-order valence-electron chi connectivity index (χ2n) is 6.19. The van der Waals surface area contributed by atoms with Crippen LogP contribution in [0.2, 0.25) is 0 Å². The molecule has 2 heterocycles. The van der Waals surface area contributed by atoms with Crippen molar-refractivity contribution >= 4 is 28.5 Å². The molecular formula is C20H16IN3O4. The number of aromatic nitrogens is 2. The second kappa shape index (κ2) is 8.01. The van der Waals surface area contributed by atoms with E-state index in [1.165, 1.54) is 6.07 Å². The Labute approximate surface area is 174 Å². The van der Waals surface area contributed by atoms with Gasteiger partial charge >= 0.3 is 0 Å². The van der Waals surface area contributed by atoms with Gasteiger partial charge in [-0.2, -0.15) is 5.10 Å². The van der Waals surface area contributed by atoms with E-state index in [0.29, 0.717) is 23.7 Å². The van der Waals surface area contributed by atoms with Crippen molar-refractivity contribution in [2.75, 3.05) is 6.79 Å². The van der Waals surface area contributed by atoms with Crippen LogP contribution in [0.25, 0.3) is 11.3 Å². The van der Waals surface area contributed by atoms with Crippen molar-refractivity contribution < 1.29 is 14.3 Å². The van der Waals surface area contributed by atoms with Crippen LogP contribution in [0.4, 0.5) is 0 Å². The van der Waals surface area contributed by atoms with Gasteiger partial charge in [0.05, 0.1) is 5.69 Å². The molecular weight excluding hydrogens is 473 g/mol. The van der Waals surface area contributed by atoms with E-state index >= 15 is 0 Å². The Morgan fingerprint density at radius 1 is 1.07 bits per heavy atom. The van der Waals surface area contributed by atoms with Crippen LogP contribution in [-0.2, 0) is 17.9 Å². The Morgan fingerprint density at radius 3 is 2.68 bits per heavy atom. The molecule has 1 aliphatic heterocycles. The summed E-state index contributed by atoms with van der Waals surface area (Å²) in [7, 11) is 0. The molecule has 3 aromatic rings. The van der Waals surface area contributed by atoms with Crippen molar-refractivity contribution in [3.8, 4) is 22.8 Å². The number of carbonyl (C=O) groups is 1. The molecule has 0 unspecified atom stereocenters. The van der Waals surface area contributed by atoms with Gasteiger partial charge in [0.1, 0.15) is 6.54 Å². The Kier molecular flexibility index (Phi) is 5.29. The highest BCUT2D eigenvalue weighted by Gasteiger charge is 2.15. The predicted octanol–water partition coefficient (Wildman–Crippen LogP) is 2.56. The normalized spacial score (nSPS) is 12.0. The highest BCUT2D eigenvalue weighted by Crippen LogP contribution is 2.35. The topological polar surface area (TPSA) is 82.5 Å². The highest BCUT2D eigenvalue weighted by atomic mass is 127. The number of ether oxygens (including phenoxy) is 2. The summed E-state index contributed by atoms with van der Waals surface area (Å²) in [5.41, 5.74) is 2.00. The lowest BCUT2D eigenvalue weighted by Crippen LogP contribution is -2.33. The van der Waals surface area contributed by atoms with Crippen LogP contribution < -0.4 is 20.3 Å². The van der Waals surface area contributed by atoms with E-state index in [0.717, 1.165) is 19.4 Å². The van der Waals surface area contributed by atoms with Crippen LogP contribution in [0.1, 0.15) is 5.56 Å². The lowest BCUT2D eigenvalue weighted by Gasteiger charge is -2.09. The van der Waals surface area contributed by atoms with Crippen LogP contribution in [0.5, 0.6) is 11.5 Å². The number of fused-ring (bicyclic) bond motifs is 1. The third kappa shape index (κ3) is 4.16. The molecule has 0 atom stereocenters. The summed E-state index contributed by atoms with van der Waals surface area (Å²) < 4.78 is 13.0. The molecule has 7 nitrogen and oxygen atoms in total. The summed E-state index contributed by atoms with van der Waals surface area (Å²) in [5, 5.41) is 7.13. The van der Waals surface area contributed by atoms with Gasteiger partial charge in [-0.05, 0) is 64.6 Å². The monoisotopic (exact) mass is 489 g/mol. The van der Waals surface area contributed by atoms with E-state index in [-0.39, 0.29) is 24.8 Å². The van der Waals surface area contributed by atoms with Gasteiger partial charge in [0.2, 0.25) is 12.7 Å². The Balaban J connectivity index is 1.47. The van der Waals surface area contributed by atoms with Gasteiger partial charge in [-0.15, -0.1) is 0 Å². The quantitative estimate of drug-likeness (QED) is 0.558. The zero-order valence-electron chi connectivity index (χ0n) is 14.7. The summed E-state index contributed by atoms with van der Waals surface area (Å²) in [6, 6.07) is 16.3. The van der Waals surface area contributed by atoms with Gasteiger partial charge in [0, 0.05) is 21.7 Å². The van der Waals surface area contributed by atoms with E-state index in [1.54, 1.807) is 18.2 Å². The molecule has 142 valence electrons. The van der Waals surface area contributed by atoms with Crippen molar-refractivity contribution in [2.45, 2.75) is 13.1 Å². The molecule has 1 N–H and O–H groups in total. The first-order valence-corrected chi connectivity index (χ1v) is 9.66. The molecule has 0 spiro atoms. The molecule has 0 bridgehead atoms. The molecule has 1 amide bonds. The van der Waals surface area contributed by atoms with Crippen LogP contribution in [-0.4, -0.2) is 22.5 Å². The summed E-state index contributed by atoms with van der Waals surface area (Å²) in [6.07, 6.45) is 0. The number of hydrogen-bond donors (Lipinski definition) is 1. The number of halogens is 1. The minimum absolute atomic E-state index is 0.151. The molecule has 0 radical (unpaired) electrons. The lowest BCUT2D eigenvalue weighted by molar-refractivity contribution is -0.122. The smallest absolute Gasteiger partial charge is 0.267 e. The first-order valence-electron chi connectivity index (χ1n) is 8.58. The average molecular weight is 489 g/mol. The number of carbonyl (C=O) groups excluding carboxylic acids is 1. The van der Waals surface area contributed by atoms with Crippen molar-refractivity contribution in [1.29, 1.82) is 0 Å². The van der Waals surface area contributed by atoms with Crippen molar-refractivity contribution in [3.63, 3.8) is 0 Å². The molecule has 1 aliphatic rings. The van der Waals surface area contributed by atoms with Crippen molar-refractivity contribution in [3.05, 3.63) is 74.1 Å². The van der Waals surface area contributed by atoms with E-state index in [9.17, 15) is 9.59 Å². The minimum atomic E-state index is -0.339. The first-order chi connectivity index (χ1) is 13.6. The van der Waals surface area contributed by atoms with E-state index in [1.807, 2.05) is 30.3 Å². The number of rotatable bonds is 5. The fraction of sp³-hybridized carbons (Fsp3) is 0.150. The highest BCUT2D eigenvalue weighted by molar-refractivity contribution is 14.1. The SMILES string of the molecule is O=C(Cn1nc(-c2ccc3c(c2)OCO3)ccc1=O)NCc1ccc(I)cc1. The van der Waals surface area contributed by atoms with Gasteiger partial charge in [0.15, 0.2) is 11.5 Å². The second-order valence-corrected chi connectivity index (χ2v) is 7.43. The van der Waals surface area contributed by atoms with Gasteiger partial charge in [-0.25, -0.2) is 4.68 Å². The van der Waals surface area contributed by atoms with Crippen LogP contribution in [0.3, 0.4) is 0 Å². The summed E-state index contributed by atoms with van der Waals surface area (Å²) >= 11 is 2.23. The summed E-state index contributed by atoms with van der Waals surface area (Å²) in [4.78, 5) is 24.4. The van der Waals surface area contributed by atoms with Gasteiger partial charge < -0.3 is 14.8 Å². The maximum absolute atomic E-state index is 12.3.